The SMILES string of the molecule is CCc1cc(-c2ccc(CS(=O)(=O)Cc3ccc(C)cc3)nc2OC)nc2cnc(NC3CCC(N(C)C)CC3)nc12. The van der Waals surface area contributed by atoms with E-state index in [1.54, 1.807) is 12.3 Å². The number of fused-ring (bicyclic) bond motifs is 1. The van der Waals surface area contributed by atoms with Crippen molar-refractivity contribution >= 4 is 26.8 Å². The van der Waals surface area contributed by atoms with E-state index in [2.05, 4.69) is 41.2 Å². The van der Waals surface area contributed by atoms with Crippen LogP contribution in [0.2, 0.25) is 0 Å². The van der Waals surface area contributed by atoms with Gasteiger partial charge >= 0.3 is 0 Å². The Bertz CT molecular complexity index is 1650. The minimum Gasteiger partial charge on any atom is -0.480 e. The minimum atomic E-state index is -3.42. The Morgan fingerprint density at radius 1 is 0.976 bits per heavy atom. The van der Waals surface area contributed by atoms with Crippen LogP contribution in [0.5, 0.6) is 5.88 Å². The number of aromatic nitrogens is 4. The van der Waals surface area contributed by atoms with Gasteiger partial charge in [-0.05, 0) is 82.4 Å². The molecular weight excluding hydrogens is 548 g/mol. The van der Waals surface area contributed by atoms with Crippen LogP contribution < -0.4 is 10.1 Å². The number of aryl methyl sites for hydroxylation is 2. The third kappa shape index (κ3) is 7.04. The van der Waals surface area contributed by atoms with Crippen molar-refractivity contribution < 1.29 is 13.2 Å². The number of benzene rings is 1. The smallest absolute Gasteiger partial charge is 0.223 e. The van der Waals surface area contributed by atoms with Crippen LogP contribution in [0.15, 0.2) is 48.7 Å². The molecule has 1 aliphatic carbocycles. The average molecular weight is 589 g/mol. The van der Waals surface area contributed by atoms with Gasteiger partial charge in [-0.2, -0.15) is 0 Å². The average Bonchev–Trinajstić information content (AvgIpc) is 2.97. The van der Waals surface area contributed by atoms with Gasteiger partial charge in [-0.15, -0.1) is 0 Å². The molecule has 0 radical (unpaired) electrons. The van der Waals surface area contributed by atoms with Gasteiger partial charge in [0.25, 0.3) is 0 Å². The Labute approximate surface area is 248 Å². The van der Waals surface area contributed by atoms with Crippen LogP contribution in [-0.4, -0.2) is 66.5 Å². The Morgan fingerprint density at radius 2 is 1.71 bits per heavy atom. The molecular formula is C32H40N6O3S. The van der Waals surface area contributed by atoms with E-state index in [1.807, 2.05) is 43.3 Å². The summed E-state index contributed by atoms with van der Waals surface area (Å²) in [5, 5.41) is 3.54. The van der Waals surface area contributed by atoms with Gasteiger partial charge in [-0.1, -0.05) is 36.8 Å². The molecule has 0 aliphatic heterocycles. The van der Waals surface area contributed by atoms with Crippen molar-refractivity contribution in [1.82, 2.24) is 24.8 Å². The zero-order chi connectivity index (χ0) is 29.9. The Morgan fingerprint density at radius 3 is 2.38 bits per heavy atom. The molecule has 42 heavy (non-hydrogen) atoms. The summed E-state index contributed by atoms with van der Waals surface area (Å²) in [4.78, 5) is 21.2. The molecule has 1 aromatic carbocycles. The third-order valence-electron chi connectivity index (χ3n) is 8.03. The predicted octanol–water partition coefficient (Wildman–Crippen LogP) is 5.37. The first kappa shape index (κ1) is 29.8. The number of ether oxygens (including phenoxy) is 1. The molecule has 222 valence electrons. The van der Waals surface area contributed by atoms with Gasteiger partial charge in [0.2, 0.25) is 11.8 Å². The molecule has 1 fully saturated rings. The summed E-state index contributed by atoms with van der Waals surface area (Å²) in [5.41, 5.74) is 6.21. The molecule has 3 aromatic heterocycles. The molecule has 4 aromatic rings. The van der Waals surface area contributed by atoms with Crippen molar-refractivity contribution in [2.45, 2.75) is 69.5 Å². The van der Waals surface area contributed by atoms with Gasteiger partial charge in [0, 0.05) is 12.1 Å². The normalized spacial score (nSPS) is 17.5. The molecule has 0 atom stereocenters. The largest absolute Gasteiger partial charge is 0.480 e. The minimum absolute atomic E-state index is 0.0423. The quantitative estimate of drug-likeness (QED) is 0.262. The number of anilines is 1. The van der Waals surface area contributed by atoms with Crippen LogP contribution >= 0.6 is 0 Å². The molecule has 1 aliphatic rings. The Balaban J connectivity index is 1.36. The zero-order valence-corrected chi connectivity index (χ0v) is 25.9. The molecule has 1 N–H and O–H groups in total. The fourth-order valence-corrected chi connectivity index (χ4v) is 7.02. The highest BCUT2D eigenvalue weighted by atomic mass is 32.2. The maximum Gasteiger partial charge on any atom is 0.223 e. The van der Waals surface area contributed by atoms with Gasteiger partial charge in [0.05, 0.1) is 47.3 Å². The topological polar surface area (TPSA) is 110 Å². The molecule has 1 saturated carbocycles. The number of rotatable bonds is 10. The van der Waals surface area contributed by atoms with E-state index in [9.17, 15) is 8.42 Å². The first-order valence-electron chi connectivity index (χ1n) is 14.5. The van der Waals surface area contributed by atoms with Crippen molar-refractivity contribution in [1.29, 1.82) is 0 Å². The van der Waals surface area contributed by atoms with Crippen molar-refractivity contribution in [2.75, 3.05) is 26.5 Å². The standard InChI is InChI=1S/C32H40N6O3S/c1-6-23-17-28(36-29-18-33-32(37-30(23)29)35-24-11-14-26(15-12-24)38(3)4)27-16-13-25(34-31(27)41-5)20-42(39,40)19-22-9-7-21(2)8-10-22/h7-10,13,16-18,24,26H,6,11-12,14-15,19-20H2,1-5H3,(H,33,35,37). The fourth-order valence-electron chi connectivity index (χ4n) is 5.61. The van der Waals surface area contributed by atoms with Crippen molar-refractivity contribution in [2.24, 2.45) is 0 Å². The van der Waals surface area contributed by atoms with Crippen molar-refractivity contribution in [3.8, 4) is 17.1 Å². The zero-order valence-electron chi connectivity index (χ0n) is 25.1. The van der Waals surface area contributed by atoms with Crippen LogP contribution in [0.4, 0.5) is 5.95 Å². The summed E-state index contributed by atoms with van der Waals surface area (Å²) in [6.07, 6.45) is 7.05. The molecule has 0 saturated heterocycles. The maximum absolute atomic E-state index is 12.9. The maximum atomic E-state index is 12.9. The monoisotopic (exact) mass is 588 g/mol. The summed E-state index contributed by atoms with van der Waals surface area (Å²) in [6.45, 7) is 4.07. The molecule has 0 bridgehead atoms. The lowest BCUT2D eigenvalue weighted by atomic mass is 9.91. The van der Waals surface area contributed by atoms with E-state index in [0.29, 0.717) is 46.4 Å². The second-order valence-corrected chi connectivity index (χ2v) is 13.5. The second kappa shape index (κ2) is 12.7. The number of nitrogens with zero attached hydrogens (tertiary/aromatic N) is 5. The number of hydrogen-bond acceptors (Lipinski definition) is 9. The van der Waals surface area contributed by atoms with Gasteiger partial charge in [-0.25, -0.2) is 28.4 Å². The molecule has 0 spiro atoms. The number of hydrogen-bond donors (Lipinski definition) is 1. The second-order valence-electron chi connectivity index (χ2n) is 11.4. The lowest BCUT2D eigenvalue weighted by Gasteiger charge is -2.32. The first-order valence-corrected chi connectivity index (χ1v) is 16.4. The summed E-state index contributed by atoms with van der Waals surface area (Å²) < 4.78 is 31.4. The third-order valence-corrected chi connectivity index (χ3v) is 9.54. The Kier molecular flexibility index (Phi) is 9.03. The lowest BCUT2D eigenvalue weighted by molar-refractivity contribution is 0.221. The summed E-state index contributed by atoms with van der Waals surface area (Å²) >= 11 is 0. The molecule has 9 nitrogen and oxygen atoms in total. The van der Waals surface area contributed by atoms with Crippen molar-refractivity contribution in [3.05, 3.63) is 71.0 Å². The lowest BCUT2D eigenvalue weighted by Crippen LogP contribution is -2.36. The summed E-state index contributed by atoms with van der Waals surface area (Å²) in [7, 11) is 2.41. The number of pyridine rings is 2. The van der Waals surface area contributed by atoms with Gasteiger partial charge in [0.1, 0.15) is 5.52 Å². The predicted molar refractivity (Wildman–Crippen MR) is 167 cm³/mol. The van der Waals surface area contributed by atoms with Crippen LogP contribution in [-0.2, 0) is 27.8 Å². The summed E-state index contributed by atoms with van der Waals surface area (Å²) in [5.74, 6) is 0.748. The number of sulfone groups is 1. The number of nitrogens with one attached hydrogen (secondary N) is 1. The summed E-state index contributed by atoms with van der Waals surface area (Å²) in [6, 6.07) is 14.1. The van der Waals surface area contributed by atoms with E-state index >= 15 is 0 Å². The van der Waals surface area contributed by atoms with E-state index in [0.717, 1.165) is 54.3 Å². The fraction of sp³-hybridized carbons (Fsp3) is 0.438. The first-order chi connectivity index (χ1) is 20.1. The van der Waals surface area contributed by atoms with Gasteiger partial charge < -0.3 is 15.0 Å². The van der Waals surface area contributed by atoms with E-state index in [1.165, 1.54) is 7.11 Å². The van der Waals surface area contributed by atoms with Gasteiger partial charge in [0.15, 0.2) is 9.84 Å². The van der Waals surface area contributed by atoms with E-state index in [-0.39, 0.29) is 11.5 Å². The van der Waals surface area contributed by atoms with Gasteiger partial charge in [-0.3, -0.25) is 0 Å². The van der Waals surface area contributed by atoms with Crippen LogP contribution in [0, 0.1) is 6.92 Å². The highest BCUT2D eigenvalue weighted by molar-refractivity contribution is 7.89. The molecule has 3 heterocycles. The molecule has 0 amide bonds. The highest BCUT2D eigenvalue weighted by Crippen LogP contribution is 2.31. The molecule has 0 unspecified atom stereocenters. The van der Waals surface area contributed by atoms with E-state index < -0.39 is 9.84 Å². The van der Waals surface area contributed by atoms with Crippen LogP contribution in [0.3, 0.4) is 0 Å². The number of methoxy groups -OCH3 is 1. The van der Waals surface area contributed by atoms with Crippen molar-refractivity contribution in [3.63, 3.8) is 0 Å². The van der Waals surface area contributed by atoms with E-state index in [4.69, 9.17) is 14.7 Å². The molecule has 5 rings (SSSR count). The van der Waals surface area contributed by atoms with Crippen LogP contribution in [0.1, 0.15) is 55.0 Å². The highest BCUT2D eigenvalue weighted by Gasteiger charge is 2.23. The van der Waals surface area contributed by atoms with Crippen LogP contribution in [0.25, 0.3) is 22.3 Å². The molecule has 10 heteroatoms. The Hall–Kier alpha value is -3.63.